The second-order valence-corrected chi connectivity index (χ2v) is 18.5. The second-order valence-electron chi connectivity index (χ2n) is 12.2. The zero-order valence-electron chi connectivity index (χ0n) is 32.2. The Kier molecular flexibility index (Phi) is 15.7. The Balaban J connectivity index is 1.62. The molecule has 4 aromatic rings. The summed E-state index contributed by atoms with van der Waals surface area (Å²) in [6.07, 6.45) is 2.18. The third-order valence-electron chi connectivity index (χ3n) is 8.17. The molecule has 0 radical (unpaired) electrons. The summed E-state index contributed by atoms with van der Waals surface area (Å²) in [7, 11) is -13.1. The first-order valence-corrected chi connectivity index (χ1v) is 22.9. The first-order valence-electron chi connectivity index (χ1n) is 17.0. The van der Waals surface area contributed by atoms with Gasteiger partial charge in [-0.3, -0.25) is 18.7 Å². The Labute approximate surface area is 346 Å². The molecular weight excluding hydrogens is 873 g/mol. The van der Waals surface area contributed by atoms with Crippen LogP contribution < -0.4 is 29.6 Å². The first kappa shape index (κ1) is 47.4. The van der Waals surface area contributed by atoms with Crippen molar-refractivity contribution >= 4 is 75.6 Å². The molecule has 0 spiro atoms. The van der Waals surface area contributed by atoms with E-state index in [1.54, 1.807) is 0 Å². The van der Waals surface area contributed by atoms with E-state index >= 15 is 0 Å². The molecule has 0 aliphatic rings. The number of carbonyl (C=O) groups is 2. The summed E-state index contributed by atoms with van der Waals surface area (Å²) in [4.78, 5) is 24.2. The fraction of sp³-hybridized carbons (Fsp3) is 0.222. The SMILES string of the molecule is COCCNS(=O)(=O)c1cc(C(=O)Nc2ccc(C=Cc3ccc(NC(=O)c4ccc(OC)c(S(=O)(=O)NCCOC)c4)cc3S(=O)(=O)O)c(S(=O)(=O)O)c2)ccc1OC. The van der Waals surface area contributed by atoms with Gasteiger partial charge < -0.3 is 29.6 Å². The normalized spacial score (nSPS) is 12.3. The van der Waals surface area contributed by atoms with Crippen LogP contribution in [0.2, 0.25) is 0 Å². The molecular formula is C36H40N4O16S4. The van der Waals surface area contributed by atoms with Crippen molar-refractivity contribution in [2.45, 2.75) is 19.6 Å². The van der Waals surface area contributed by atoms with Gasteiger partial charge in [0.05, 0.1) is 27.4 Å². The molecule has 24 heteroatoms. The van der Waals surface area contributed by atoms with Gasteiger partial charge in [0.15, 0.2) is 0 Å². The lowest BCUT2D eigenvalue weighted by molar-refractivity contribution is 0.101. The number of ether oxygens (including phenoxy) is 4. The fourth-order valence-corrected chi connectivity index (χ4v) is 9.13. The number of anilines is 2. The van der Waals surface area contributed by atoms with E-state index in [4.69, 9.17) is 18.9 Å². The smallest absolute Gasteiger partial charge is 0.295 e. The van der Waals surface area contributed by atoms with Crippen LogP contribution in [0.25, 0.3) is 12.2 Å². The molecule has 60 heavy (non-hydrogen) atoms. The van der Waals surface area contributed by atoms with Crippen LogP contribution in [0.5, 0.6) is 11.5 Å². The summed E-state index contributed by atoms with van der Waals surface area (Å²) in [5, 5.41) is 4.85. The van der Waals surface area contributed by atoms with E-state index in [9.17, 15) is 52.4 Å². The molecule has 0 heterocycles. The minimum absolute atomic E-state index is 0.0668. The Hall–Kier alpha value is -5.28. The molecule has 0 fully saturated rings. The topological polar surface area (TPSA) is 296 Å². The number of carbonyl (C=O) groups excluding carboxylic acids is 2. The van der Waals surface area contributed by atoms with Crippen molar-refractivity contribution < 1.29 is 71.3 Å². The van der Waals surface area contributed by atoms with Gasteiger partial charge in [0.1, 0.15) is 31.1 Å². The van der Waals surface area contributed by atoms with Crippen molar-refractivity contribution in [1.82, 2.24) is 9.44 Å². The van der Waals surface area contributed by atoms with Crippen molar-refractivity contribution in [2.24, 2.45) is 0 Å². The van der Waals surface area contributed by atoms with Gasteiger partial charge in [-0.05, 0) is 71.8 Å². The molecule has 0 unspecified atom stereocenters. The van der Waals surface area contributed by atoms with E-state index in [0.717, 1.165) is 48.6 Å². The highest BCUT2D eigenvalue weighted by atomic mass is 32.2. The first-order chi connectivity index (χ1) is 28.1. The standard InChI is InChI=1S/C36H40N4O16S4/c1-53-17-15-37-57(43,44)33-19-25(9-13-29(33)55-3)35(41)39-27-11-7-23(31(21-27)59(47,48)49)5-6-24-8-12-28(22-32(24)60(50,51)52)40-36(42)26-10-14-30(56-4)34(20-26)58(45,46)38-16-18-54-2/h5-14,19-22,37-38H,15-18H2,1-4H3,(H,39,41)(H,40,42)(H,47,48,49)(H,50,51,52). The fourth-order valence-electron chi connectivity index (χ4n) is 5.30. The van der Waals surface area contributed by atoms with Crippen LogP contribution in [0.3, 0.4) is 0 Å². The summed E-state index contributed by atoms with van der Waals surface area (Å²) >= 11 is 0. The van der Waals surface area contributed by atoms with Gasteiger partial charge in [-0.1, -0.05) is 24.3 Å². The lowest BCUT2D eigenvalue weighted by atomic mass is 10.1. The summed E-state index contributed by atoms with van der Waals surface area (Å²) in [6.45, 7) is -0.0117. The highest BCUT2D eigenvalue weighted by Gasteiger charge is 2.24. The molecule has 4 aromatic carbocycles. The number of nitrogens with one attached hydrogen (secondary N) is 4. The Morgan fingerprint density at radius 2 is 0.900 bits per heavy atom. The molecule has 0 aliphatic carbocycles. The van der Waals surface area contributed by atoms with Crippen molar-refractivity contribution in [3.05, 3.63) is 95.1 Å². The lowest BCUT2D eigenvalue weighted by Crippen LogP contribution is -2.28. The van der Waals surface area contributed by atoms with Crippen LogP contribution in [0.4, 0.5) is 11.4 Å². The molecule has 6 N–H and O–H groups in total. The van der Waals surface area contributed by atoms with E-state index < -0.39 is 61.9 Å². The number of amides is 2. The maximum Gasteiger partial charge on any atom is 0.295 e. The predicted molar refractivity (Wildman–Crippen MR) is 217 cm³/mol. The quantitative estimate of drug-likeness (QED) is 0.0422. The molecule has 0 saturated carbocycles. The molecule has 0 saturated heterocycles. The molecule has 0 bridgehead atoms. The highest BCUT2D eigenvalue weighted by molar-refractivity contribution is 7.90. The minimum atomic E-state index is -5.00. The summed E-state index contributed by atoms with van der Waals surface area (Å²) in [5.74, 6) is -1.87. The predicted octanol–water partition coefficient (Wildman–Crippen LogP) is 2.72. The van der Waals surface area contributed by atoms with Gasteiger partial charge in [0.2, 0.25) is 20.0 Å². The van der Waals surface area contributed by atoms with Crippen LogP contribution in [-0.2, 0) is 49.8 Å². The van der Waals surface area contributed by atoms with Crippen molar-refractivity contribution in [2.75, 3.05) is 65.4 Å². The monoisotopic (exact) mass is 912 g/mol. The number of rotatable bonds is 20. The highest BCUT2D eigenvalue weighted by Crippen LogP contribution is 2.30. The molecule has 0 aliphatic heterocycles. The summed E-state index contributed by atoms with van der Waals surface area (Å²) in [5.41, 5.74) is -1.01. The van der Waals surface area contributed by atoms with Gasteiger partial charge in [-0.25, -0.2) is 26.3 Å². The van der Waals surface area contributed by atoms with Crippen molar-refractivity contribution in [3.63, 3.8) is 0 Å². The van der Waals surface area contributed by atoms with Gasteiger partial charge in [0, 0.05) is 49.8 Å². The van der Waals surface area contributed by atoms with Crippen LogP contribution in [-0.4, -0.2) is 109 Å². The van der Waals surface area contributed by atoms with Crippen LogP contribution >= 0.6 is 0 Å². The van der Waals surface area contributed by atoms with Gasteiger partial charge in [-0.15, -0.1) is 0 Å². The van der Waals surface area contributed by atoms with Gasteiger partial charge in [-0.2, -0.15) is 16.8 Å². The zero-order chi connectivity index (χ0) is 44.5. The Bertz CT molecular complexity index is 2550. The Morgan fingerprint density at radius 1 is 0.533 bits per heavy atom. The maximum absolute atomic E-state index is 13.2. The summed E-state index contributed by atoms with van der Waals surface area (Å²) in [6, 6.07) is 13.7. The number of benzene rings is 4. The van der Waals surface area contributed by atoms with Crippen LogP contribution in [0.15, 0.2) is 92.4 Å². The number of methoxy groups -OCH3 is 4. The van der Waals surface area contributed by atoms with Crippen LogP contribution in [0.1, 0.15) is 31.8 Å². The average molecular weight is 913 g/mol. The maximum atomic E-state index is 13.2. The number of hydrogen-bond donors (Lipinski definition) is 6. The number of sulfonamides is 2. The third kappa shape index (κ3) is 12.2. The summed E-state index contributed by atoms with van der Waals surface area (Å²) < 4.78 is 146. The number of hydrogen-bond acceptors (Lipinski definition) is 14. The zero-order valence-corrected chi connectivity index (χ0v) is 35.4. The molecule has 324 valence electrons. The van der Waals surface area contributed by atoms with Crippen molar-refractivity contribution in [3.8, 4) is 11.5 Å². The lowest BCUT2D eigenvalue weighted by Gasteiger charge is -2.13. The van der Waals surface area contributed by atoms with E-state index in [1.165, 1.54) is 64.8 Å². The minimum Gasteiger partial charge on any atom is -0.495 e. The van der Waals surface area contributed by atoms with E-state index in [1.807, 2.05) is 0 Å². The molecule has 2 amide bonds. The second kappa shape index (κ2) is 19.9. The van der Waals surface area contributed by atoms with Crippen molar-refractivity contribution in [1.29, 1.82) is 0 Å². The Morgan fingerprint density at radius 3 is 1.22 bits per heavy atom. The van der Waals surface area contributed by atoms with E-state index in [2.05, 4.69) is 20.1 Å². The van der Waals surface area contributed by atoms with Gasteiger partial charge in [0.25, 0.3) is 32.1 Å². The molecule has 0 atom stereocenters. The molecule has 0 aromatic heterocycles. The van der Waals surface area contributed by atoms with E-state index in [-0.39, 0.29) is 81.2 Å². The largest absolute Gasteiger partial charge is 0.495 e. The molecule has 20 nitrogen and oxygen atoms in total. The van der Waals surface area contributed by atoms with Crippen LogP contribution in [0, 0.1) is 0 Å². The van der Waals surface area contributed by atoms with Gasteiger partial charge >= 0.3 is 0 Å². The third-order valence-corrected chi connectivity index (χ3v) is 13.0. The molecule has 4 rings (SSSR count). The average Bonchev–Trinajstić information content (AvgIpc) is 3.19. The van der Waals surface area contributed by atoms with E-state index in [0.29, 0.717) is 0 Å².